The first-order valence-corrected chi connectivity index (χ1v) is 4.24. The van der Waals surface area contributed by atoms with E-state index in [-0.39, 0.29) is 6.04 Å². The van der Waals surface area contributed by atoms with Crippen LogP contribution in [-0.2, 0) is 0 Å². The van der Waals surface area contributed by atoms with E-state index in [1.807, 2.05) is 13.8 Å². The SMILES string of the molecule is CC(C)c1nc(N)n(C(C)C)n1. The fourth-order valence-electron chi connectivity index (χ4n) is 0.977. The van der Waals surface area contributed by atoms with Crippen molar-refractivity contribution in [3.63, 3.8) is 0 Å². The van der Waals surface area contributed by atoms with Gasteiger partial charge in [-0.1, -0.05) is 13.8 Å². The predicted octanol–water partition coefficient (Wildman–Crippen LogP) is 1.56. The lowest BCUT2D eigenvalue weighted by molar-refractivity contribution is 0.530. The van der Waals surface area contributed by atoms with Crippen LogP contribution in [0.25, 0.3) is 0 Å². The molecular weight excluding hydrogens is 152 g/mol. The minimum absolute atomic E-state index is 0.282. The third kappa shape index (κ3) is 1.57. The maximum atomic E-state index is 5.67. The number of nitrogens with zero attached hydrogens (tertiary/aromatic N) is 3. The molecular formula is C8H16N4. The quantitative estimate of drug-likeness (QED) is 0.729. The van der Waals surface area contributed by atoms with Crippen LogP contribution in [0, 0.1) is 0 Å². The van der Waals surface area contributed by atoms with Crippen LogP contribution < -0.4 is 5.73 Å². The molecule has 0 radical (unpaired) electrons. The molecule has 2 N–H and O–H groups in total. The van der Waals surface area contributed by atoms with Crippen molar-refractivity contribution in [2.75, 3.05) is 5.73 Å². The average molecular weight is 168 g/mol. The summed E-state index contributed by atoms with van der Waals surface area (Å²) in [6, 6.07) is 0.282. The van der Waals surface area contributed by atoms with E-state index in [4.69, 9.17) is 5.73 Å². The second-order valence-corrected chi connectivity index (χ2v) is 3.52. The first-order chi connectivity index (χ1) is 5.52. The summed E-state index contributed by atoms with van der Waals surface area (Å²) in [6.45, 7) is 8.18. The third-order valence-electron chi connectivity index (χ3n) is 1.68. The molecule has 12 heavy (non-hydrogen) atoms. The Morgan fingerprint density at radius 3 is 2.08 bits per heavy atom. The number of nitrogens with two attached hydrogens (primary N) is 1. The Morgan fingerprint density at radius 1 is 1.25 bits per heavy atom. The molecule has 0 spiro atoms. The summed E-state index contributed by atoms with van der Waals surface area (Å²) >= 11 is 0. The van der Waals surface area contributed by atoms with Crippen molar-refractivity contribution < 1.29 is 0 Å². The molecule has 1 heterocycles. The Kier molecular flexibility index (Phi) is 2.35. The highest BCUT2D eigenvalue weighted by atomic mass is 15.4. The van der Waals surface area contributed by atoms with Gasteiger partial charge in [0.1, 0.15) is 0 Å². The zero-order valence-corrected chi connectivity index (χ0v) is 8.07. The summed E-state index contributed by atoms with van der Waals surface area (Å²) in [7, 11) is 0. The average Bonchev–Trinajstić information content (AvgIpc) is 2.30. The zero-order valence-electron chi connectivity index (χ0n) is 8.07. The Hall–Kier alpha value is -1.06. The van der Waals surface area contributed by atoms with Crippen LogP contribution in [0.3, 0.4) is 0 Å². The van der Waals surface area contributed by atoms with Crippen LogP contribution in [0.2, 0.25) is 0 Å². The van der Waals surface area contributed by atoms with Crippen LogP contribution in [-0.4, -0.2) is 14.8 Å². The fourth-order valence-corrected chi connectivity index (χ4v) is 0.977. The highest BCUT2D eigenvalue weighted by Gasteiger charge is 2.11. The van der Waals surface area contributed by atoms with E-state index in [0.717, 1.165) is 5.82 Å². The molecule has 1 aromatic rings. The van der Waals surface area contributed by atoms with Gasteiger partial charge in [-0.05, 0) is 13.8 Å². The molecule has 1 rings (SSSR count). The van der Waals surface area contributed by atoms with Gasteiger partial charge >= 0.3 is 0 Å². The molecule has 0 atom stereocenters. The summed E-state index contributed by atoms with van der Waals surface area (Å²) in [4.78, 5) is 4.16. The summed E-state index contributed by atoms with van der Waals surface area (Å²) in [6.07, 6.45) is 0. The van der Waals surface area contributed by atoms with Crippen LogP contribution in [0.1, 0.15) is 45.5 Å². The van der Waals surface area contributed by atoms with E-state index in [9.17, 15) is 0 Å². The van der Waals surface area contributed by atoms with Crippen molar-refractivity contribution >= 4 is 5.95 Å². The van der Waals surface area contributed by atoms with Crippen LogP contribution >= 0.6 is 0 Å². The minimum atomic E-state index is 0.282. The maximum Gasteiger partial charge on any atom is 0.218 e. The number of anilines is 1. The van der Waals surface area contributed by atoms with E-state index in [0.29, 0.717) is 11.9 Å². The highest BCUT2D eigenvalue weighted by molar-refractivity contribution is 5.17. The van der Waals surface area contributed by atoms with Gasteiger partial charge in [0, 0.05) is 5.92 Å². The molecule has 0 aliphatic rings. The van der Waals surface area contributed by atoms with Gasteiger partial charge in [-0.3, -0.25) is 0 Å². The predicted molar refractivity (Wildman–Crippen MR) is 48.9 cm³/mol. The Labute approximate surface area is 72.8 Å². The van der Waals surface area contributed by atoms with Crippen LogP contribution in [0.5, 0.6) is 0 Å². The molecule has 0 fully saturated rings. The lowest BCUT2D eigenvalue weighted by Gasteiger charge is -2.04. The molecule has 0 bridgehead atoms. The van der Waals surface area contributed by atoms with E-state index >= 15 is 0 Å². The molecule has 4 heteroatoms. The zero-order chi connectivity index (χ0) is 9.30. The van der Waals surface area contributed by atoms with Gasteiger partial charge in [0.2, 0.25) is 5.95 Å². The summed E-state index contributed by atoms with van der Waals surface area (Å²) in [5, 5.41) is 4.29. The normalized spacial score (nSPS) is 11.5. The highest BCUT2D eigenvalue weighted by Crippen LogP contribution is 2.14. The number of hydrogen-bond donors (Lipinski definition) is 1. The molecule has 68 valence electrons. The molecule has 0 aromatic carbocycles. The van der Waals surface area contributed by atoms with E-state index in [1.54, 1.807) is 4.68 Å². The van der Waals surface area contributed by atoms with E-state index < -0.39 is 0 Å². The first-order valence-electron chi connectivity index (χ1n) is 4.24. The van der Waals surface area contributed by atoms with Gasteiger partial charge in [-0.2, -0.15) is 10.1 Å². The molecule has 0 unspecified atom stereocenters. The summed E-state index contributed by atoms with van der Waals surface area (Å²) in [5.74, 6) is 1.67. The Bertz CT molecular complexity index is 262. The van der Waals surface area contributed by atoms with Gasteiger partial charge in [0.05, 0.1) is 6.04 Å². The second-order valence-electron chi connectivity index (χ2n) is 3.52. The van der Waals surface area contributed by atoms with Gasteiger partial charge in [-0.25, -0.2) is 4.68 Å². The number of nitrogen functional groups attached to an aromatic ring is 1. The van der Waals surface area contributed by atoms with Crippen LogP contribution in [0.15, 0.2) is 0 Å². The van der Waals surface area contributed by atoms with Crippen LogP contribution in [0.4, 0.5) is 5.95 Å². The summed E-state index contributed by atoms with van der Waals surface area (Å²) in [5.41, 5.74) is 5.67. The van der Waals surface area contributed by atoms with Crippen molar-refractivity contribution in [1.82, 2.24) is 14.8 Å². The Balaban J connectivity index is 3.00. The Morgan fingerprint density at radius 2 is 1.83 bits per heavy atom. The monoisotopic (exact) mass is 168 g/mol. The standard InChI is InChI=1S/C8H16N4/c1-5(2)7-10-8(9)12(11-7)6(3)4/h5-6H,1-4H3,(H2,9,10,11). The third-order valence-corrected chi connectivity index (χ3v) is 1.68. The van der Waals surface area contributed by atoms with E-state index in [1.165, 1.54) is 0 Å². The molecule has 4 nitrogen and oxygen atoms in total. The van der Waals surface area contributed by atoms with Gasteiger partial charge in [-0.15, -0.1) is 0 Å². The number of hydrogen-bond acceptors (Lipinski definition) is 3. The minimum Gasteiger partial charge on any atom is -0.368 e. The molecule has 0 aliphatic carbocycles. The topological polar surface area (TPSA) is 56.7 Å². The molecule has 0 saturated carbocycles. The smallest absolute Gasteiger partial charge is 0.218 e. The molecule has 1 aromatic heterocycles. The number of rotatable bonds is 2. The largest absolute Gasteiger partial charge is 0.368 e. The summed E-state index contributed by atoms with van der Waals surface area (Å²) < 4.78 is 1.75. The maximum absolute atomic E-state index is 5.67. The van der Waals surface area contributed by atoms with Crippen molar-refractivity contribution in [2.45, 2.75) is 39.7 Å². The van der Waals surface area contributed by atoms with Crippen molar-refractivity contribution in [2.24, 2.45) is 0 Å². The molecule has 0 aliphatic heterocycles. The fraction of sp³-hybridized carbons (Fsp3) is 0.750. The van der Waals surface area contributed by atoms with Crippen molar-refractivity contribution in [1.29, 1.82) is 0 Å². The lowest BCUT2D eigenvalue weighted by Crippen LogP contribution is -2.07. The van der Waals surface area contributed by atoms with Gasteiger partial charge in [0.15, 0.2) is 5.82 Å². The first kappa shape index (κ1) is 9.03. The van der Waals surface area contributed by atoms with E-state index in [2.05, 4.69) is 23.9 Å². The number of aromatic nitrogens is 3. The van der Waals surface area contributed by atoms with Gasteiger partial charge < -0.3 is 5.73 Å². The van der Waals surface area contributed by atoms with Gasteiger partial charge in [0.25, 0.3) is 0 Å². The molecule has 0 saturated heterocycles. The van der Waals surface area contributed by atoms with Crippen molar-refractivity contribution in [3.05, 3.63) is 5.82 Å². The molecule has 0 amide bonds. The van der Waals surface area contributed by atoms with Crippen molar-refractivity contribution in [3.8, 4) is 0 Å². The lowest BCUT2D eigenvalue weighted by atomic mass is 10.2. The second kappa shape index (κ2) is 3.13.